The number of anilines is 2. The van der Waals surface area contributed by atoms with Crippen molar-refractivity contribution >= 4 is 23.4 Å². The van der Waals surface area contributed by atoms with Crippen molar-refractivity contribution in [2.75, 3.05) is 23.3 Å². The SMILES string of the molecule is O=C(O)c1cccc(C(=O)Nc2cncnc2N2CCCC2)c1. The molecule has 0 spiro atoms. The molecule has 0 saturated carbocycles. The largest absolute Gasteiger partial charge is 0.478 e. The lowest BCUT2D eigenvalue weighted by atomic mass is 10.1. The molecule has 0 radical (unpaired) electrons. The second-order valence-corrected chi connectivity index (χ2v) is 5.29. The molecule has 1 aromatic heterocycles. The van der Waals surface area contributed by atoms with Gasteiger partial charge in [-0.1, -0.05) is 6.07 Å². The van der Waals surface area contributed by atoms with Crippen LogP contribution in [0.5, 0.6) is 0 Å². The summed E-state index contributed by atoms with van der Waals surface area (Å²) < 4.78 is 0. The Morgan fingerprint density at radius 2 is 1.91 bits per heavy atom. The van der Waals surface area contributed by atoms with Gasteiger partial charge in [0.05, 0.1) is 11.8 Å². The van der Waals surface area contributed by atoms with Crippen LogP contribution in [0.25, 0.3) is 0 Å². The minimum absolute atomic E-state index is 0.0710. The second-order valence-electron chi connectivity index (χ2n) is 5.29. The first-order valence-electron chi connectivity index (χ1n) is 7.35. The van der Waals surface area contributed by atoms with E-state index in [0.717, 1.165) is 25.9 Å². The number of benzene rings is 1. The highest BCUT2D eigenvalue weighted by Crippen LogP contribution is 2.25. The van der Waals surface area contributed by atoms with Gasteiger partial charge >= 0.3 is 5.97 Å². The Labute approximate surface area is 133 Å². The zero-order valence-electron chi connectivity index (χ0n) is 12.4. The standard InChI is InChI=1S/C16H16N4O3/c21-15(11-4-3-5-12(8-11)16(22)23)19-13-9-17-10-18-14(13)20-6-1-2-7-20/h3-5,8-10H,1-2,6-7H2,(H,19,21)(H,22,23). The average molecular weight is 312 g/mol. The Bertz CT molecular complexity index is 742. The highest BCUT2D eigenvalue weighted by atomic mass is 16.4. The lowest BCUT2D eigenvalue weighted by Crippen LogP contribution is -2.22. The van der Waals surface area contributed by atoms with Crippen LogP contribution in [-0.2, 0) is 0 Å². The van der Waals surface area contributed by atoms with Crippen molar-refractivity contribution in [1.82, 2.24) is 9.97 Å². The van der Waals surface area contributed by atoms with Crippen molar-refractivity contribution in [3.05, 3.63) is 47.9 Å². The molecule has 1 aromatic carbocycles. The highest BCUT2D eigenvalue weighted by Gasteiger charge is 2.19. The normalized spacial score (nSPS) is 13.8. The van der Waals surface area contributed by atoms with E-state index in [1.54, 1.807) is 18.3 Å². The van der Waals surface area contributed by atoms with Crippen molar-refractivity contribution in [2.45, 2.75) is 12.8 Å². The molecule has 2 heterocycles. The number of nitrogens with zero attached hydrogens (tertiary/aromatic N) is 3. The molecule has 0 bridgehead atoms. The van der Waals surface area contributed by atoms with Gasteiger partial charge in [-0.25, -0.2) is 14.8 Å². The summed E-state index contributed by atoms with van der Waals surface area (Å²) in [7, 11) is 0. The Morgan fingerprint density at radius 3 is 2.65 bits per heavy atom. The van der Waals surface area contributed by atoms with E-state index in [9.17, 15) is 9.59 Å². The van der Waals surface area contributed by atoms with Crippen LogP contribution in [0.3, 0.4) is 0 Å². The lowest BCUT2D eigenvalue weighted by molar-refractivity contribution is 0.0697. The van der Waals surface area contributed by atoms with E-state index in [-0.39, 0.29) is 17.0 Å². The summed E-state index contributed by atoms with van der Waals surface area (Å²) in [5, 5.41) is 11.8. The number of hydrogen-bond acceptors (Lipinski definition) is 5. The molecule has 1 saturated heterocycles. The van der Waals surface area contributed by atoms with Crippen molar-refractivity contribution in [3.8, 4) is 0 Å². The van der Waals surface area contributed by atoms with Gasteiger partial charge < -0.3 is 15.3 Å². The first kappa shape index (κ1) is 15.0. The molecule has 1 amide bonds. The maximum atomic E-state index is 12.4. The second kappa shape index (κ2) is 6.43. The number of carbonyl (C=O) groups is 2. The smallest absolute Gasteiger partial charge is 0.335 e. The zero-order valence-corrected chi connectivity index (χ0v) is 12.4. The maximum absolute atomic E-state index is 12.4. The number of aromatic carboxylic acids is 1. The highest BCUT2D eigenvalue weighted by molar-refractivity contribution is 6.06. The van der Waals surface area contributed by atoms with E-state index < -0.39 is 5.97 Å². The molecule has 2 N–H and O–H groups in total. The maximum Gasteiger partial charge on any atom is 0.335 e. The molecule has 1 aliphatic heterocycles. The fourth-order valence-electron chi connectivity index (χ4n) is 2.58. The van der Waals surface area contributed by atoms with Gasteiger partial charge in [-0.15, -0.1) is 0 Å². The summed E-state index contributed by atoms with van der Waals surface area (Å²) in [6.45, 7) is 1.79. The van der Waals surface area contributed by atoms with Crippen LogP contribution >= 0.6 is 0 Å². The van der Waals surface area contributed by atoms with Crippen LogP contribution < -0.4 is 10.2 Å². The molecule has 0 atom stereocenters. The van der Waals surface area contributed by atoms with Gasteiger partial charge in [0, 0.05) is 18.7 Å². The number of nitrogens with one attached hydrogen (secondary N) is 1. The monoisotopic (exact) mass is 312 g/mol. The quantitative estimate of drug-likeness (QED) is 0.897. The summed E-state index contributed by atoms with van der Waals surface area (Å²) in [4.78, 5) is 33.7. The molecule has 0 unspecified atom stereocenters. The number of amides is 1. The first-order valence-corrected chi connectivity index (χ1v) is 7.35. The molecule has 1 aliphatic rings. The summed E-state index contributed by atoms with van der Waals surface area (Å²) in [5.74, 6) is -0.760. The molecule has 7 nitrogen and oxygen atoms in total. The van der Waals surface area contributed by atoms with Gasteiger partial charge in [0.15, 0.2) is 5.82 Å². The summed E-state index contributed by atoms with van der Waals surface area (Å²) in [5.41, 5.74) is 0.878. The van der Waals surface area contributed by atoms with Crippen molar-refractivity contribution < 1.29 is 14.7 Å². The van der Waals surface area contributed by atoms with Crippen LogP contribution in [0.2, 0.25) is 0 Å². The number of carboxylic acids is 1. The van der Waals surface area contributed by atoms with E-state index in [1.807, 2.05) is 0 Å². The third-order valence-corrected chi connectivity index (χ3v) is 3.72. The third-order valence-electron chi connectivity index (χ3n) is 3.72. The van der Waals surface area contributed by atoms with Gasteiger partial charge in [0.25, 0.3) is 5.91 Å². The Balaban J connectivity index is 1.83. The van der Waals surface area contributed by atoms with Gasteiger partial charge in [-0.3, -0.25) is 4.79 Å². The van der Waals surface area contributed by atoms with Gasteiger partial charge in [0.2, 0.25) is 0 Å². The van der Waals surface area contributed by atoms with Gasteiger partial charge in [-0.05, 0) is 31.0 Å². The minimum Gasteiger partial charge on any atom is -0.478 e. The molecule has 7 heteroatoms. The predicted octanol–water partition coefficient (Wildman–Crippen LogP) is 2.03. The van der Waals surface area contributed by atoms with Crippen LogP contribution in [-0.4, -0.2) is 40.0 Å². The molecule has 0 aliphatic carbocycles. The summed E-state index contributed by atoms with van der Waals surface area (Å²) in [6.07, 6.45) is 5.20. The van der Waals surface area contributed by atoms with Crippen LogP contribution in [0.15, 0.2) is 36.8 Å². The summed E-state index contributed by atoms with van der Waals surface area (Å²) >= 11 is 0. The van der Waals surface area contributed by atoms with Crippen molar-refractivity contribution in [2.24, 2.45) is 0 Å². The van der Waals surface area contributed by atoms with Crippen molar-refractivity contribution in [1.29, 1.82) is 0 Å². The molecule has 1 fully saturated rings. The van der Waals surface area contributed by atoms with Gasteiger partial charge in [-0.2, -0.15) is 0 Å². The summed E-state index contributed by atoms with van der Waals surface area (Å²) in [6, 6.07) is 5.90. The molecule has 23 heavy (non-hydrogen) atoms. The topological polar surface area (TPSA) is 95.4 Å². The zero-order chi connectivity index (χ0) is 16.2. The molecule has 2 aromatic rings. The molecule has 118 valence electrons. The first-order chi connectivity index (χ1) is 11.1. The van der Waals surface area contributed by atoms with Crippen LogP contribution in [0.4, 0.5) is 11.5 Å². The fourth-order valence-corrected chi connectivity index (χ4v) is 2.58. The molecule has 3 rings (SSSR count). The van der Waals surface area contributed by atoms with E-state index in [4.69, 9.17) is 5.11 Å². The minimum atomic E-state index is -1.07. The van der Waals surface area contributed by atoms with E-state index in [2.05, 4.69) is 20.2 Å². The molecular weight excluding hydrogens is 296 g/mol. The predicted molar refractivity (Wildman–Crippen MR) is 84.8 cm³/mol. The Hall–Kier alpha value is -2.96. The number of carbonyl (C=O) groups excluding carboxylic acids is 1. The fraction of sp³-hybridized carbons (Fsp3) is 0.250. The van der Waals surface area contributed by atoms with Crippen LogP contribution in [0, 0.1) is 0 Å². The Kier molecular flexibility index (Phi) is 4.18. The van der Waals surface area contributed by atoms with Gasteiger partial charge in [0.1, 0.15) is 12.0 Å². The van der Waals surface area contributed by atoms with E-state index in [0.29, 0.717) is 11.5 Å². The molecular formula is C16H16N4O3. The number of aromatic nitrogens is 2. The van der Waals surface area contributed by atoms with E-state index in [1.165, 1.54) is 18.5 Å². The average Bonchev–Trinajstić information content (AvgIpc) is 3.09. The van der Waals surface area contributed by atoms with E-state index >= 15 is 0 Å². The van der Waals surface area contributed by atoms with Crippen LogP contribution in [0.1, 0.15) is 33.6 Å². The number of rotatable bonds is 4. The number of hydrogen-bond donors (Lipinski definition) is 2. The van der Waals surface area contributed by atoms with Crippen molar-refractivity contribution in [3.63, 3.8) is 0 Å². The number of carboxylic acid groups (broad SMARTS) is 1. The third kappa shape index (κ3) is 3.28. The lowest BCUT2D eigenvalue weighted by Gasteiger charge is -2.19. The Morgan fingerprint density at radius 1 is 1.17 bits per heavy atom.